The van der Waals surface area contributed by atoms with Crippen molar-refractivity contribution in [3.05, 3.63) is 33.8 Å². The number of hydrogen-bond acceptors (Lipinski definition) is 3. The number of hydrogen-bond donors (Lipinski definition) is 1. The van der Waals surface area contributed by atoms with Gasteiger partial charge < -0.3 is 4.89 Å². The molecule has 0 heterocycles. The third-order valence-corrected chi connectivity index (χ3v) is 2.93. The van der Waals surface area contributed by atoms with Gasteiger partial charge in [0.25, 0.3) is 0 Å². The van der Waals surface area contributed by atoms with Crippen LogP contribution < -0.4 is 0 Å². The molecule has 0 aliphatic heterocycles. The second-order valence-corrected chi connectivity index (χ2v) is 4.62. The highest BCUT2D eigenvalue weighted by atomic mass is 79.9. The van der Waals surface area contributed by atoms with Gasteiger partial charge in [0.15, 0.2) is 0 Å². The van der Waals surface area contributed by atoms with Crippen molar-refractivity contribution in [2.45, 2.75) is 12.5 Å². The van der Waals surface area contributed by atoms with Gasteiger partial charge in [-0.3, -0.25) is 4.57 Å². The van der Waals surface area contributed by atoms with E-state index >= 15 is 0 Å². The van der Waals surface area contributed by atoms with Crippen molar-refractivity contribution in [1.29, 1.82) is 5.26 Å². The highest BCUT2D eigenvalue weighted by Crippen LogP contribution is 2.40. The van der Waals surface area contributed by atoms with Crippen LogP contribution in [0.2, 0.25) is 0 Å². The van der Waals surface area contributed by atoms with Crippen LogP contribution in [0.1, 0.15) is 11.1 Å². The van der Waals surface area contributed by atoms with Crippen molar-refractivity contribution >= 4 is 24.2 Å². The van der Waals surface area contributed by atoms with Gasteiger partial charge in [-0.1, -0.05) is 22.0 Å². The summed E-state index contributed by atoms with van der Waals surface area (Å²) >= 11 is 2.90. The number of halogens is 3. The highest BCUT2D eigenvalue weighted by Gasteiger charge is 2.36. The summed E-state index contributed by atoms with van der Waals surface area (Å²) in [5.74, 6) is 0. The van der Waals surface area contributed by atoms with Crippen molar-refractivity contribution < 1.29 is 22.8 Å². The summed E-state index contributed by atoms with van der Waals surface area (Å²) in [4.78, 5) is 8.36. The molecule has 0 radical (unpaired) electrons. The zero-order valence-electron chi connectivity index (χ0n) is 8.28. The van der Waals surface area contributed by atoms with E-state index in [4.69, 9.17) is 10.2 Å². The fraction of sp³-hybridized carbons (Fsp3) is 0.222. The lowest BCUT2D eigenvalue weighted by molar-refractivity contribution is -0.186. The Labute approximate surface area is 105 Å². The van der Waals surface area contributed by atoms with Crippen molar-refractivity contribution in [2.24, 2.45) is 0 Å². The summed E-state index contributed by atoms with van der Waals surface area (Å²) < 4.78 is 40.7. The molecule has 1 atom stereocenters. The van der Waals surface area contributed by atoms with Gasteiger partial charge in [0.05, 0.1) is 18.1 Å². The molecule has 0 saturated heterocycles. The molecule has 0 aromatic heterocycles. The second-order valence-electron chi connectivity index (χ2n) is 3.03. The Bertz CT molecular complexity index is 490. The van der Waals surface area contributed by atoms with Gasteiger partial charge in [0.2, 0.25) is 0 Å². The maximum atomic E-state index is 13.3. The lowest BCUT2D eigenvalue weighted by Crippen LogP contribution is -2.15. The molecular weight excluding hydrogens is 319 g/mol. The topological polar surface area (TPSA) is 70.3 Å². The maximum Gasteiger partial charge on any atom is 0.390 e. The quantitative estimate of drug-likeness (QED) is 0.864. The third-order valence-electron chi connectivity index (χ3n) is 1.85. The van der Waals surface area contributed by atoms with Gasteiger partial charge in [-0.2, -0.15) is 14.0 Å². The number of nitrogens with zero attached hydrogens (tertiary/aromatic N) is 1. The average Bonchev–Trinajstić information content (AvgIpc) is 2.15. The Morgan fingerprint density at radius 2 is 2.24 bits per heavy atom. The molecule has 4 nitrogen and oxygen atoms in total. The van der Waals surface area contributed by atoms with Crippen LogP contribution in [0.3, 0.4) is 0 Å². The van der Waals surface area contributed by atoms with Crippen molar-refractivity contribution in [3.63, 3.8) is 0 Å². The first-order valence-electron chi connectivity index (χ1n) is 4.32. The van der Waals surface area contributed by atoms with Gasteiger partial charge in [-0.25, -0.2) is 4.52 Å². The predicted octanol–water partition coefficient (Wildman–Crippen LogP) is 2.96. The standard InChI is InChI=1S/C9H7BrF2NO3P/c10-8-5-6(3-4-13)1-2-7(8)9(11,12)16-17(14)15/h1-2,5,17H,3H2,(H,14,15). The Morgan fingerprint density at radius 1 is 1.59 bits per heavy atom. The third kappa shape index (κ3) is 3.86. The Balaban J connectivity index is 3.07. The number of benzene rings is 1. The van der Waals surface area contributed by atoms with Crippen molar-refractivity contribution in [3.8, 4) is 6.07 Å². The first-order chi connectivity index (χ1) is 7.86. The minimum Gasteiger partial charge on any atom is -0.326 e. The molecule has 1 aromatic carbocycles. The van der Waals surface area contributed by atoms with Gasteiger partial charge in [0.1, 0.15) is 0 Å². The molecule has 1 rings (SSSR count). The first-order valence-corrected chi connectivity index (χ1v) is 6.38. The largest absolute Gasteiger partial charge is 0.390 e. The van der Waals surface area contributed by atoms with E-state index in [1.807, 2.05) is 6.07 Å². The molecule has 8 heteroatoms. The molecule has 0 spiro atoms. The van der Waals surface area contributed by atoms with Crippen LogP contribution in [0.5, 0.6) is 0 Å². The lowest BCUT2D eigenvalue weighted by Gasteiger charge is -2.16. The van der Waals surface area contributed by atoms with Gasteiger partial charge in [-0.15, -0.1) is 0 Å². The molecule has 0 saturated carbocycles. The lowest BCUT2D eigenvalue weighted by atomic mass is 10.1. The van der Waals surface area contributed by atoms with Crippen LogP contribution in [0, 0.1) is 11.3 Å². The molecule has 1 unspecified atom stereocenters. The molecule has 92 valence electrons. The molecule has 0 amide bonds. The van der Waals surface area contributed by atoms with E-state index in [1.54, 1.807) is 0 Å². The number of alkyl halides is 2. The normalized spacial score (nSPS) is 13.1. The summed E-state index contributed by atoms with van der Waals surface area (Å²) in [5.41, 5.74) is -0.0119. The molecule has 1 aromatic rings. The van der Waals surface area contributed by atoms with Crippen LogP contribution in [-0.4, -0.2) is 4.89 Å². The minimum atomic E-state index is -3.85. The smallest absolute Gasteiger partial charge is 0.326 e. The van der Waals surface area contributed by atoms with Crippen LogP contribution >= 0.6 is 24.2 Å². The van der Waals surface area contributed by atoms with Crippen LogP contribution in [0.15, 0.2) is 22.7 Å². The number of rotatable bonds is 4. The van der Waals surface area contributed by atoms with E-state index in [2.05, 4.69) is 20.5 Å². The fourth-order valence-electron chi connectivity index (χ4n) is 1.16. The Hall–Kier alpha value is -0.800. The zero-order chi connectivity index (χ0) is 13.1. The molecule has 0 aliphatic carbocycles. The predicted molar refractivity (Wildman–Crippen MR) is 59.7 cm³/mol. The summed E-state index contributed by atoms with van der Waals surface area (Å²) in [6.07, 6.45) is -3.77. The van der Waals surface area contributed by atoms with E-state index in [1.165, 1.54) is 12.1 Å². The summed E-state index contributed by atoms with van der Waals surface area (Å²) in [6.45, 7) is 0. The first kappa shape index (κ1) is 14.3. The monoisotopic (exact) mass is 325 g/mol. The van der Waals surface area contributed by atoms with Gasteiger partial charge in [-0.05, 0) is 17.7 Å². The van der Waals surface area contributed by atoms with E-state index in [0.717, 1.165) is 6.07 Å². The fourth-order valence-corrected chi connectivity index (χ4v) is 2.15. The van der Waals surface area contributed by atoms with Crippen molar-refractivity contribution in [1.82, 2.24) is 0 Å². The SMILES string of the molecule is N#CCc1ccc(C(F)(F)O[PH](=O)O)c(Br)c1. The summed E-state index contributed by atoms with van der Waals surface area (Å²) in [7, 11) is -3.75. The van der Waals surface area contributed by atoms with Crippen LogP contribution in [-0.2, 0) is 21.6 Å². The Kier molecular flexibility index (Phi) is 4.78. The second kappa shape index (κ2) is 5.69. The van der Waals surface area contributed by atoms with E-state index in [9.17, 15) is 13.3 Å². The molecule has 0 aliphatic rings. The highest BCUT2D eigenvalue weighted by molar-refractivity contribution is 9.10. The van der Waals surface area contributed by atoms with Gasteiger partial charge in [0, 0.05) is 4.47 Å². The summed E-state index contributed by atoms with van der Waals surface area (Å²) in [6, 6.07) is 5.59. The molecule has 17 heavy (non-hydrogen) atoms. The van der Waals surface area contributed by atoms with Crippen molar-refractivity contribution in [2.75, 3.05) is 0 Å². The van der Waals surface area contributed by atoms with E-state index < -0.39 is 19.9 Å². The molecular formula is C9H7BrF2NO3P. The van der Waals surface area contributed by atoms with Crippen LogP contribution in [0.4, 0.5) is 8.78 Å². The number of nitriles is 1. The average molecular weight is 326 g/mol. The molecule has 0 bridgehead atoms. The van der Waals surface area contributed by atoms with E-state index in [0.29, 0.717) is 5.56 Å². The molecule has 0 fully saturated rings. The van der Waals surface area contributed by atoms with E-state index in [-0.39, 0.29) is 10.9 Å². The minimum absolute atomic E-state index is 0.0125. The maximum absolute atomic E-state index is 13.3. The summed E-state index contributed by atoms with van der Waals surface area (Å²) in [5, 5.41) is 8.45. The Morgan fingerprint density at radius 3 is 2.71 bits per heavy atom. The zero-order valence-corrected chi connectivity index (χ0v) is 10.9. The molecule has 1 N–H and O–H groups in total. The van der Waals surface area contributed by atoms with Crippen LogP contribution in [0.25, 0.3) is 0 Å². The van der Waals surface area contributed by atoms with Gasteiger partial charge >= 0.3 is 14.4 Å².